The van der Waals surface area contributed by atoms with Crippen molar-refractivity contribution in [3.8, 4) is 0 Å². The Hall–Kier alpha value is -1.63. The molecule has 0 spiro atoms. The lowest BCUT2D eigenvalue weighted by atomic mass is 10.1. The van der Waals surface area contributed by atoms with Crippen molar-refractivity contribution in [2.24, 2.45) is 0 Å². The number of carbonyl (C=O) groups is 1. The SMILES string of the molecule is CCSCC(C)NC(=O)c1cc([N+](=O)[O-])ccc1F. The third kappa shape index (κ3) is 4.51. The molecule has 0 saturated heterocycles. The van der Waals surface area contributed by atoms with Gasteiger partial charge in [0, 0.05) is 23.9 Å². The van der Waals surface area contributed by atoms with Crippen LogP contribution in [-0.4, -0.2) is 28.4 Å². The highest BCUT2D eigenvalue weighted by Crippen LogP contribution is 2.17. The molecule has 1 rings (SSSR count). The molecule has 1 atom stereocenters. The van der Waals surface area contributed by atoms with Gasteiger partial charge in [-0.05, 0) is 18.7 Å². The molecule has 0 fully saturated rings. The average molecular weight is 286 g/mol. The van der Waals surface area contributed by atoms with E-state index in [1.54, 1.807) is 18.7 Å². The lowest BCUT2D eigenvalue weighted by molar-refractivity contribution is -0.384. The predicted molar refractivity (Wildman–Crippen MR) is 73.0 cm³/mol. The highest BCUT2D eigenvalue weighted by atomic mass is 32.2. The maximum absolute atomic E-state index is 13.5. The van der Waals surface area contributed by atoms with Gasteiger partial charge < -0.3 is 5.32 Å². The Morgan fingerprint density at radius 3 is 2.84 bits per heavy atom. The normalized spacial score (nSPS) is 11.9. The maximum Gasteiger partial charge on any atom is 0.270 e. The van der Waals surface area contributed by atoms with E-state index in [0.717, 1.165) is 24.0 Å². The number of nitro groups is 1. The molecular formula is C12H15FN2O3S. The fourth-order valence-corrected chi connectivity index (χ4v) is 2.11. The topological polar surface area (TPSA) is 72.2 Å². The van der Waals surface area contributed by atoms with E-state index >= 15 is 0 Å². The zero-order chi connectivity index (χ0) is 14.4. The van der Waals surface area contributed by atoms with Crippen molar-refractivity contribution < 1.29 is 14.1 Å². The molecule has 104 valence electrons. The molecule has 7 heteroatoms. The summed E-state index contributed by atoms with van der Waals surface area (Å²) in [6.45, 7) is 3.80. The Kier molecular flexibility index (Phi) is 5.75. The molecule has 1 N–H and O–H groups in total. The second-order valence-corrected chi connectivity index (χ2v) is 5.27. The Morgan fingerprint density at radius 1 is 1.58 bits per heavy atom. The monoisotopic (exact) mass is 286 g/mol. The standard InChI is InChI=1S/C12H15FN2O3S/c1-3-19-7-8(2)14-12(16)10-6-9(15(17)18)4-5-11(10)13/h4-6,8H,3,7H2,1-2H3,(H,14,16). The highest BCUT2D eigenvalue weighted by molar-refractivity contribution is 7.99. The molecule has 5 nitrogen and oxygen atoms in total. The van der Waals surface area contributed by atoms with Gasteiger partial charge in [-0.15, -0.1) is 0 Å². The molecule has 0 radical (unpaired) electrons. The van der Waals surface area contributed by atoms with Crippen molar-refractivity contribution in [1.29, 1.82) is 0 Å². The van der Waals surface area contributed by atoms with Crippen LogP contribution in [0.2, 0.25) is 0 Å². The smallest absolute Gasteiger partial charge is 0.270 e. The van der Waals surface area contributed by atoms with Crippen LogP contribution in [0.5, 0.6) is 0 Å². The summed E-state index contributed by atoms with van der Waals surface area (Å²) in [5.74, 6) is 0.230. The van der Waals surface area contributed by atoms with Crippen LogP contribution < -0.4 is 5.32 Å². The third-order valence-electron chi connectivity index (χ3n) is 2.35. The number of nitrogens with zero attached hydrogens (tertiary/aromatic N) is 1. The number of carbonyl (C=O) groups excluding carboxylic acids is 1. The van der Waals surface area contributed by atoms with Gasteiger partial charge >= 0.3 is 0 Å². The summed E-state index contributed by atoms with van der Waals surface area (Å²) in [7, 11) is 0. The quantitative estimate of drug-likeness (QED) is 0.644. The number of thioether (sulfide) groups is 1. The van der Waals surface area contributed by atoms with Gasteiger partial charge in [0.2, 0.25) is 0 Å². The number of non-ortho nitro benzene ring substituents is 1. The second kappa shape index (κ2) is 7.08. The number of rotatable bonds is 6. The molecule has 0 aliphatic heterocycles. The van der Waals surface area contributed by atoms with Crippen LogP contribution in [0, 0.1) is 15.9 Å². The molecule has 0 aliphatic carbocycles. The van der Waals surface area contributed by atoms with Crippen LogP contribution in [0.25, 0.3) is 0 Å². The van der Waals surface area contributed by atoms with Crippen molar-refractivity contribution in [1.82, 2.24) is 5.32 Å². The van der Waals surface area contributed by atoms with Crippen molar-refractivity contribution in [2.45, 2.75) is 19.9 Å². The first-order chi connectivity index (χ1) is 8.95. The van der Waals surface area contributed by atoms with Gasteiger partial charge in [0.05, 0.1) is 10.5 Å². The number of benzene rings is 1. The largest absolute Gasteiger partial charge is 0.349 e. The van der Waals surface area contributed by atoms with E-state index in [0.29, 0.717) is 5.75 Å². The first-order valence-corrected chi connectivity index (χ1v) is 6.93. The number of hydrogen-bond acceptors (Lipinski definition) is 4. The fourth-order valence-electron chi connectivity index (χ4n) is 1.44. The molecule has 0 aromatic heterocycles. The maximum atomic E-state index is 13.5. The zero-order valence-electron chi connectivity index (χ0n) is 10.7. The van der Waals surface area contributed by atoms with Gasteiger partial charge in [-0.25, -0.2) is 4.39 Å². The van der Waals surface area contributed by atoms with Gasteiger partial charge in [-0.2, -0.15) is 11.8 Å². The molecule has 0 saturated carbocycles. The van der Waals surface area contributed by atoms with Crippen LogP contribution in [-0.2, 0) is 0 Å². The van der Waals surface area contributed by atoms with Gasteiger partial charge in [0.25, 0.3) is 11.6 Å². The number of nitrogens with one attached hydrogen (secondary N) is 1. The van der Waals surface area contributed by atoms with Crippen LogP contribution in [0.3, 0.4) is 0 Å². The Balaban J connectivity index is 2.81. The molecular weight excluding hydrogens is 271 g/mol. The molecule has 19 heavy (non-hydrogen) atoms. The van der Waals surface area contributed by atoms with E-state index < -0.39 is 16.6 Å². The predicted octanol–water partition coefficient (Wildman–Crippen LogP) is 2.61. The number of hydrogen-bond donors (Lipinski definition) is 1. The van der Waals surface area contributed by atoms with Crippen LogP contribution in [0.1, 0.15) is 24.2 Å². The van der Waals surface area contributed by atoms with Crippen molar-refractivity contribution in [3.63, 3.8) is 0 Å². The summed E-state index contributed by atoms with van der Waals surface area (Å²) in [6.07, 6.45) is 0. The van der Waals surface area contributed by atoms with E-state index in [1.807, 2.05) is 6.92 Å². The summed E-state index contributed by atoms with van der Waals surface area (Å²) in [5.41, 5.74) is -0.607. The Bertz CT molecular complexity index is 482. The minimum Gasteiger partial charge on any atom is -0.349 e. The molecule has 1 aromatic rings. The van der Waals surface area contributed by atoms with Crippen LogP contribution >= 0.6 is 11.8 Å². The van der Waals surface area contributed by atoms with Gasteiger partial charge in [-0.1, -0.05) is 6.92 Å². The van der Waals surface area contributed by atoms with Crippen molar-refractivity contribution in [2.75, 3.05) is 11.5 Å². The summed E-state index contributed by atoms with van der Waals surface area (Å²) in [5, 5.41) is 13.2. The number of amides is 1. The van der Waals surface area contributed by atoms with E-state index in [1.165, 1.54) is 0 Å². The van der Waals surface area contributed by atoms with E-state index in [-0.39, 0.29) is 17.3 Å². The first kappa shape index (κ1) is 15.4. The van der Waals surface area contributed by atoms with Crippen LogP contribution in [0.4, 0.5) is 10.1 Å². The summed E-state index contributed by atoms with van der Waals surface area (Å²) < 4.78 is 13.5. The second-order valence-electron chi connectivity index (χ2n) is 3.96. The zero-order valence-corrected chi connectivity index (χ0v) is 11.5. The Morgan fingerprint density at radius 2 is 2.26 bits per heavy atom. The first-order valence-electron chi connectivity index (χ1n) is 5.78. The Labute approximate surface area is 114 Å². The van der Waals surface area contributed by atoms with Crippen molar-refractivity contribution in [3.05, 3.63) is 39.7 Å². The third-order valence-corrected chi connectivity index (χ3v) is 3.50. The van der Waals surface area contributed by atoms with Crippen LogP contribution in [0.15, 0.2) is 18.2 Å². The molecule has 1 aromatic carbocycles. The number of halogens is 1. The van der Waals surface area contributed by atoms with E-state index in [4.69, 9.17) is 0 Å². The van der Waals surface area contributed by atoms with Crippen molar-refractivity contribution >= 4 is 23.4 Å². The molecule has 1 unspecified atom stereocenters. The minimum atomic E-state index is -0.765. The average Bonchev–Trinajstić information content (AvgIpc) is 2.36. The highest BCUT2D eigenvalue weighted by Gasteiger charge is 2.18. The summed E-state index contributed by atoms with van der Waals surface area (Å²) in [6, 6.07) is 2.78. The van der Waals surface area contributed by atoms with Gasteiger partial charge in [0.1, 0.15) is 5.82 Å². The number of nitro benzene ring substituents is 1. The summed E-state index contributed by atoms with van der Waals surface area (Å²) in [4.78, 5) is 21.8. The molecule has 0 bridgehead atoms. The fraction of sp³-hybridized carbons (Fsp3) is 0.417. The summed E-state index contributed by atoms with van der Waals surface area (Å²) >= 11 is 1.65. The lowest BCUT2D eigenvalue weighted by Crippen LogP contribution is -2.34. The van der Waals surface area contributed by atoms with E-state index in [9.17, 15) is 19.3 Å². The molecule has 1 amide bonds. The van der Waals surface area contributed by atoms with Gasteiger partial charge in [0.15, 0.2) is 0 Å². The van der Waals surface area contributed by atoms with Gasteiger partial charge in [-0.3, -0.25) is 14.9 Å². The molecule has 0 heterocycles. The molecule has 0 aliphatic rings. The van der Waals surface area contributed by atoms with E-state index in [2.05, 4.69) is 5.32 Å². The minimum absolute atomic E-state index is 0.129. The lowest BCUT2D eigenvalue weighted by Gasteiger charge is -2.13.